The van der Waals surface area contributed by atoms with E-state index in [9.17, 15) is 9.59 Å². The van der Waals surface area contributed by atoms with Gasteiger partial charge < -0.3 is 20.6 Å². The Balaban J connectivity index is 2.53. The first-order valence-electron chi connectivity index (χ1n) is 5.24. The Hall–Kier alpha value is -1.82. The number of aliphatic carboxylic acids is 1. The highest BCUT2D eigenvalue weighted by Crippen LogP contribution is 2.15. The van der Waals surface area contributed by atoms with Crippen molar-refractivity contribution in [2.75, 3.05) is 0 Å². The monoisotopic (exact) mass is 240 g/mol. The highest BCUT2D eigenvalue weighted by atomic mass is 16.4. The Morgan fingerprint density at radius 3 is 2.65 bits per heavy atom. The van der Waals surface area contributed by atoms with Gasteiger partial charge in [0.1, 0.15) is 11.5 Å². The molecule has 94 valence electrons. The summed E-state index contributed by atoms with van der Waals surface area (Å²) in [6.45, 7) is 3.54. The number of nitrogens with one attached hydrogen (secondary N) is 1. The zero-order valence-corrected chi connectivity index (χ0v) is 9.77. The van der Waals surface area contributed by atoms with Gasteiger partial charge in [-0.2, -0.15) is 0 Å². The molecule has 0 aliphatic rings. The Labute approximate surface area is 98.8 Å². The Kier molecular flexibility index (Phi) is 4.28. The van der Waals surface area contributed by atoms with Gasteiger partial charge in [-0.05, 0) is 26.0 Å². The van der Waals surface area contributed by atoms with Gasteiger partial charge in [-0.25, -0.2) is 0 Å². The zero-order valence-electron chi connectivity index (χ0n) is 9.77. The fraction of sp³-hybridized carbons (Fsp3) is 0.455. The van der Waals surface area contributed by atoms with Crippen LogP contribution in [0.25, 0.3) is 0 Å². The molecule has 0 saturated heterocycles. The van der Waals surface area contributed by atoms with Crippen LogP contribution in [0.5, 0.6) is 0 Å². The van der Waals surface area contributed by atoms with Crippen molar-refractivity contribution in [3.05, 3.63) is 23.7 Å². The maximum absolute atomic E-state index is 11.5. The van der Waals surface area contributed by atoms with Crippen molar-refractivity contribution in [2.45, 2.75) is 32.4 Å². The number of carbonyl (C=O) groups is 2. The van der Waals surface area contributed by atoms with E-state index in [1.54, 1.807) is 26.0 Å². The number of carboxylic acids is 1. The van der Waals surface area contributed by atoms with E-state index in [1.807, 2.05) is 0 Å². The van der Waals surface area contributed by atoms with Gasteiger partial charge in [0.15, 0.2) is 0 Å². The fourth-order valence-electron chi connectivity index (χ4n) is 1.36. The molecule has 0 radical (unpaired) electrons. The number of carboxylic acid groups (broad SMARTS) is 1. The number of nitrogens with two attached hydrogens (primary N) is 1. The molecule has 4 N–H and O–H groups in total. The second-order valence-corrected chi connectivity index (χ2v) is 3.88. The number of carbonyl (C=O) groups excluding carboxylic acids is 1. The number of furan rings is 1. The molecule has 0 fully saturated rings. The first-order valence-corrected chi connectivity index (χ1v) is 5.24. The van der Waals surface area contributed by atoms with Gasteiger partial charge >= 0.3 is 5.97 Å². The maximum Gasteiger partial charge on any atom is 0.305 e. The minimum Gasteiger partial charge on any atom is -0.481 e. The normalized spacial score (nSPS) is 14.1. The van der Waals surface area contributed by atoms with E-state index in [-0.39, 0.29) is 6.04 Å². The molecule has 0 aliphatic carbocycles. The lowest BCUT2D eigenvalue weighted by Crippen LogP contribution is -2.42. The standard InChI is InChI=1S/C11H16N2O4/c1-6-3-4-9(17-6)7(2)13-11(16)8(12)5-10(14)15/h3-4,7-8H,5,12H2,1-2H3,(H,13,16)(H,14,15). The quantitative estimate of drug-likeness (QED) is 0.697. The molecule has 1 aromatic rings. The van der Waals surface area contributed by atoms with Crippen LogP contribution in [0.15, 0.2) is 16.5 Å². The summed E-state index contributed by atoms with van der Waals surface area (Å²) in [4.78, 5) is 21.9. The summed E-state index contributed by atoms with van der Waals surface area (Å²) in [7, 11) is 0. The molecule has 1 rings (SSSR count). The molecule has 6 heteroatoms. The lowest BCUT2D eigenvalue weighted by molar-refractivity contribution is -0.139. The van der Waals surface area contributed by atoms with Gasteiger partial charge in [0.05, 0.1) is 18.5 Å². The molecule has 0 aliphatic heterocycles. The molecular formula is C11H16N2O4. The van der Waals surface area contributed by atoms with Crippen LogP contribution in [0, 0.1) is 6.92 Å². The van der Waals surface area contributed by atoms with Crippen molar-refractivity contribution in [1.82, 2.24) is 5.32 Å². The lowest BCUT2D eigenvalue weighted by atomic mass is 10.2. The fourth-order valence-corrected chi connectivity index (χ4v) is 1.36. The summed E-state index contributed by atoms with van der Waals surface area (Å²) >= 11 is 0. The molecule has 17 heavy (non-hydrogen) atoms. The molecule has 2 atom stereocenters. The van der Waals surface area contributed by atoms with Gasteiger partial charge in [0.2, 0.25) is 5.91 Å². The van der Waals surface area contributed by atoms with Crippen molar-refractivity contribution in [3.8, 4) is 0 Å². The Morgan fingerprint density at radius 1 is 1.53 bits per heavy atom. The SMILES string of the molecule is Cc1ccc(C(C)NC(=O)C(N)CC(=O)O)o1. The first kappa shape index (κ1) is 13.2. The summed E-state index contributed by atoms with van der Waals surface area (Å²) in [6, 6.07) is 2.15. The molecule has 0 bridgehead atoms. The van der Waals surface area contributed by atoms with Gasteiger partial charge in [-0.1, -0.05) is 0 Å². The van der Waals surface area contributed by atoms with Gasteiger partial charge in [-0.3, -0.25) is 9.59 Å². The van der Waals surface area contributed by atoms with Crippen LogP contribution in [0.1, 0.15) is 30.9 Å². The summed E-state index contributed by atoms with van der Waals surface area (Å²) in [5.74, 6) is -0.252. The molecule has 1 amide bonds. The van der Waals surface area contributed by atoms with E-state index >= 15 is 0 Å². The van der Waals surface area contributed by atoms with Crippen LogP contribution >= 0.6 is 0 Å². The van der Waals surface area contributed by atoms with Crippen molar-refractivity contribution >= 4 is 11.9 Å². The van der Waals surface area contributed by atoms with E-state index in [1.165, 1.54) is 0 Å². The first-order chi connectivity index (χ1) is 7.90. The Bertz CT molecular complexity index is 413. The third-order valence-corrected chi connectivity index (χ3v) is 2.28. The summed E-state index contributed by atoms with van der Waals surface area (Å²) < 4.78 is 5.34. The summed E-state index contributed by atoms with van der Waals surface area (Å²) in [5.41, 5.74) is 5.43. The van der Waals surface area contributed by atoms with Crippen LogP contribution in [0.4, 0.5) is 0 Å². The molecule has 6 nitrogen and oxygen atoms in total. The second-order valence-electron chi connectivity index (χ2n) is 3.88. The molecule has 1 aromatic heterocycles. The Morgan fingerprint density at radius 2 is 2.18 bits per heavy atom. The predicted octanol–water partition coefficient (Wildman–Crippen LogP) is 0.567. The zero-order chi connectivity index (χ0) is 13.0. The van der Waals surface area contributed by atoms with E-state index in [2.05, 4.69) is 5.32 Å². The van der Waals surface area contributed by atoms with Crippen LogP contribution in [-0.4, -0.2) is 23.0 Å². The van der Waals surface area contributed by atoms with Crippen LogP contribution in [0.2, 0.25) is 0 Å². The molecule has 0 saturated carbocycles. The van der Waals surface area contributed by atoms with E-state index < -0.39 is 24.3 Å². The van der Waals surface area contributed by atoms with Crippen LogP contribution < -0.4 is 11.1 Å². The number of hydrogen-bond donors (Lipinski definition) is 3. The smallest absolute Gasteiger partial charge is 0.305 e. The van der Waals surface area contributed by atoms with Crippen molar-refractivity contribution in [2.24, 2.45) is 5.73 Å². The van der Waals surface area contributed by atoms with Crippen molar-refractivity contribution in [1.29, 1.82) is 0 Å². The third kappa shape index (κ3) is 3.92. The van der Waals surface area contributed by atoms with Gasteiger partial charge in [-0.15, -0.1) is 0 Å². The highest BCUT2D eigenvalue weighted by Gasteiger charge is 2.20. The van der Waals surface area contributed by atoms with Crippen molar-refractivity contribution in [3.63, 3.8) is 0 Å². The largest absolute Gasteiger partial charge is 0.481 e. The topological polar surface area (TPSA) is 106 Å². The average Bonchev–Trinajstić information content (AvgIpc) is 2.63. The van der Waals surface area contributed by atoms with Gasteiger partial charge in [0, 0.05) is 0 Å². The average molecular weight is 240 g/mol. The molecule has 1 heterocycles. The van der Waals surface area contributed by atoms with Gasteiger partial charge in [0.25, 0.3) is 0 Å². The number of amides is 1. The van der Waals surface area contributed by atoms with Crippen molar-refractivity contribution < 1.29 is 19.1 Å². The summed E-state index contributed by atoms with van der Waals surface area (Å²) in [6.07, 6.45) is -0.393. The number of rotatable bonds is 5. The second kappa shape index (κ2) is 5.49. The third-order valence-electron chi connectivity index (χ3n) is 2.28. The van der Waals surface area contributed by atoms with E-state index in [4.69, 9.17) is 15.3 Å². The van der Waals surface area contributed by atoms with Crippen LogP contribution in [0.3, 0.4) is 0 Å². The van der Waals surface area contributed by atoms with E-state index in [0.29, 0.717) is 5.76 Å². The molecular weight excluding hydrogens is 224 g/mol. The van der Waals surface area contributed by atoms with Crippen LogP contribution in [-0.2, 0) is 9.59 Å². The van der Waals surface area contributed by atoms with E-state index in [0.717, 1.165) is 5.76 Å². The summed E-state index contributed by atoms with van der Waals surface area (Å²) in [5, 5.41) is 11.1. The molecule has 0 spiro atoms. The number of hydrogen-bond acceptors (Lipinski definition) is 4. The molecule has 0 aromatic carbocycles. The maximum atomic E-state index is 11.5. The lowest BCUT2D eigenvalue weighted by Gasteiger charge is -2.14. The number of aryl methyl sites for hydroxylation is 1. The highest BCUT2D eigenvalue weighted by molar-refractivity contribution is 5.86. The molecule has 2 unspecified atom stereocenters. The minimum absolute atomic E-state index is 0.337. The predicted molar refractivity (Wildman–Crippen MR) is 60.2 cm³/mol. The minimum atomic E-state index is -1.10.